The minimum absolute atomic E-state index is 0.310. The molecule has 1 saturated carbocycles. The highest BCUT2D eigenvalue weighted by molar-refractivity contribution is 5.94. The van der Waals surface area contributed by atoms with Crippen LogP contribution < -0.4 is 9.47 Å². The highest BCUT2D eigenvalue weighted by atomic mass is 16.6. The number of hydrogen-bond acceptors (Lipinski definition) is 5. The summed E-state index contributed by atoms with van der Waals surface area (Å²) in [5.41, 5.74) is -2.43. The van der Waals surface area contributed by atoms with Gasteiger partial charge in [-0.15, -0.1) is 0 Å². The number of fused-ring (bicyclic) bond motifs is 2. The Labute approximate surface area is 129 Å². The van der Waals surface area contributed by atoms with Crippen molar-refractivity contribution in [3.63, 3.8) is 0 Å². The van der Waals surface area contributed by atoms with Gasteiger partial charge in [0.05, 0.1) is 12.5 Å². The topological polar surface area (TPSA) is 61.8 Å². The first-order valence-electron chi connectivity index (χ1n) is 7.37. The van der Waals surface area contributed by atoms with Crippen LogP contribution in [0.2, 0.25) is 0 Å². The van der Waals surface area contributed by atoms with Crippen LogP contribution in [-0.2, 0) is 14.3 Å². The third kappa shape index (κ3) is 1.65. The van der Waals surface area contributed by atoms with Crippen LogP contribution in [0.5, 0.6) is 11.5 Å². The molecule has 22 heavy (non-hydrogen) atoms. The lowest BCUT2D eigenvalue weighted by Crippen LogP contribution is -2.50. The highest BCUT2D eigenvalue weighted by Gasteiger charge is 2.76. The zero-order chi connectivity index (χ0) is 16.2. The van der Waals surface area contributed by atoms with Gasteiger partial charge in [-0.3, -0.25) is 4.79 Å². The Balaban J connectivity index is 1.87. The Hall–Kier alpha value is -2.04. The molecule has 2 unspecified atom stereocenters. The van der Waals surface area contributed by atoms with Gasteiger partial charge < -0.3 is 14.2 Å². The van der Waals surface area contributed by atoms with Crippen LogP contribution in [0.3, 0.4) is 0 Å². The van der Waals surface area contributed by atoms with Gasteiger partial charge >= 0.3 is 11.9 Å². The fourth-order valence-electron chi connectivity index (χ4n) is 3.54. The van der Waals surface area contributed by atoms with Gasteiger partial charge in [0, 0.05) is 5.41 Å². The minimum Gasteiger partial charge on any atom is -0.497 e. The van der Waals surface area contributed by atoms with Gasteiger partial charge in [-0.25, -0.2) is 4.79 Å². The standard InChI is InChI=1S/C17H20O5/c1-15(2)16(3)9-10-17(15,22-13(16)18)14(19)21-12-7-5-11(20-4)6-8-12/h5-8H,9-10H2,1-4H3. The monoisotopic (exact) mass is 304 g/mol. The van der Waals surface area contributed by atoms with Crippen molar-refractivity contribution in [3.8, 4) is 11.5 Å². The molecule has 1 aromatic rings. The van der Waals surface area contributed by atoms with Gasteiger partial charge in [0.2, 0.25) is 5.60 Å². The van der Waals surface area contributed by atoms with Crippen LogP contribution in [0.1, 0.15) is 33.6 Å². The summed E-state index contributed by atoms with van der Waals surface area (Å²) >= 11 is 0. The van der Waals surface area contributed by atoms with E-state index in [0.29, 0.717) is 24.3 Å². The minimum atomic E-state index is -1.20. The molecule has 0 spiro atoms. The molecule has 2 fully saturated rings. The molecule has 1 aromatic carbocycles. The van der Waals surface area contributed by atoms with E-state index in [-0.39, 0.29) is 5.97 Å². The van der Waals surface area contributed by atoms with E-state index in [1.165, 1.54) is 0 Å². The van der Waals surface area contributed by atoms with Crippen LogP contribution in [0.25, 0.3) is 0 Å². The SMILES string of the molecule is COc1ccc(OC(=O)C23CCC(C)(C(=O)O2)C3(C)C)cc1. The van der Waals surface area contributed by atoms with E-state index in [9.17, 15) is 9.59 Å². The van der Waals surface area contributed by atoms with Crippen molar-refractivity contribution in [1.82, 2.24) is 0 Å². The van der Waals surface area contributed by atoms with Crippen molar-refractivity contribution in [3.05, 3.63) is 24.3 Å². The molecule has 1 heterocycles. The number of carbonyl (C=O) groups is 2. The molecule has 5 nitrogen and oxygen atoms in total. The molecule has 2 atom stereocenters. The Kier molecular flexibility index (Phi) is 3.03. The summed E-state index contributed by atoms with van der Waals surface area (Å²) in [6.45, 7) is 5.67. The lowest BCUT2D eigenvalue weighted by Gasteiger charge is -2.34. The second-order valence-electron chi connectivity index (χ2n) is 6.74. The molecule has 1 saturated heterocycles. The molecule has 0 N–H and O–H groups in total. The third-order valence-corrected chi connectivity index (χ3v) is 5.68. The Morgan fingerprint density at radius 1 is 1.09 bits per heavy atom. The Morgan fingerprint density at radius 2 is 1.68 bits per heavy atom. The molecule has 2 bridgehead atoms. The molecule has 0 radical (unpaired) electrons. The first-order valence-corrected chi connectivity index (χ1v) is 7.37. The Bertz CT molecular complexity index is 633. The molecule has 5 heteroatoms. The largest absolute Gasteiger partial charge is 0.497 e. The predicted octanol–water partition coefficient (Wildman–Crippen LogP) is 2.72. The predicted molar refractivity (Wildman–Crippen MR) is 78.6 cm³/mol. The summed E-state index contributed by atoms with van der Waals surface area (Å²) in [6.07, 6.45) is 1.13. The molecular formula is C17H20O5. The van der Waals surface area contributed by atoms with Crippen molar-refractivity contribution < 1.29 is 23.8 Å². The first-order chi connectivity index (χ1) is 10.3. The lowest BCUT2D eigenvalue weighted by atomic mass is 9.66. The number of rotatable bonds is 3. The summed E-state index contributed by atoms with van der Waals surface area (Å²) in [4.78, 5) is 24.9. The molecule has 118 valence electrons. The van der Waals surface area contributed by atoms with Gasteiger partial charge in [0.15, 0.2) is 0 Å². The van der Waals surface area contributed by atoms with E-state index in [2.05, 4.69) is 0 Å². The number of hydrogen-bond donors (Lipinski definition) is 0. The summed E-state index contributed by atoms with van der Waals surface area (Å²) in [5, 5.41) is 0. The maximum Gasteiger partial charge on any atom is 0.356 e. The van der Waals surface area contributed by atoms with Crippen molar-refractivity contribution in [2.24, 2.45) is 10.8 Å². The van der Waals surface area contributed by atoms with Crippen LogP contribution >= 0.6 is 0 Å². The van der Waals surface area contributed by atoms with Crippen molar-refractivity contribution in [1.29, 1.82) is 0 Å². The van der Waals surface area contributed by atoms with Crippen molar-refractivity contribution in [2.75, 3.05) is 7.11 Å². The fourth-order valence-corrected chi connectivity index (χ4v) is 3.54. The summed E-state index contributed by atoms with van der Waals surface area (Å²) in [6, 6.07) is 6.74. The maximum absolute atomic E-state index is 12.7. The van der Waals surface area contributed by atoms with Crippen molar-refractivity contribution >= 4 is 11.9 Å². The Morgan fingerprint density at radius 3 is 2.14 bits per heavy atom. The van der Waals surface area contributed by atoms with E-state index in [0.717, 1.165) is 0 Å². The zero-order valence-corrected chi connectivity index (χ0v) is 13.3. The number of benzene rings is 1. The summed E-state index contributed by atoms with van der Waals surface area (Å²) in [7, 11) is 1.57. The van der Waals surface area contributed by atoms with Crippen molar-refractivity contribution in [2.45, 2.75) is 39.2 Å². The van der Waals surface area contributed by atoms with Crippen LogP contribution in [0.4, 0.5) is 0 Å². The normalized spacial score (nSPS) is 31.7. The van der Waals surface area contributed by atoms with E-state index in [1.54, 1.807) is 31.4 Å². The lowest BCUT2D eigenvalue weighted by molar-refractivity contribution is -0.176. The van der Waals surface area contributed by atoms with E-state index in [1.807, 2.05) is 20.8 Å². The smallest absolute Gasteiger partial charge is 0.356 e. The average Bonchev–Trinajstić information content (AvgIpc) is 2.78. The number of ether oxygens (including phenoxy) is 3. The van der Waals surface area contributed by atoms with Crippen LogP contribution in [-0.4, -0.2) is 24.6 Å². The molecule has 1 aliphatic carbocycles. The average molecular weight is 304 g/mol. The molecule has 0 aromatic heterocycles. The highest BCUT2D eigenvalue weighted by Crippen LogP contribution is 2.65. The maximum atomic E-state index is 12.7. The number of carbonyl (C=O) groups excluding carboxylic acids is 2. The second-order valence-corrected chi connectivity index (χ2v) is 6.74. The van der Waals surface area contributed by atoms with E-state index >= 15 is 0 Å². The third-order valence-electron chi connectivity index (χ3n) is 5.68. The second kappa shape index (κ2) is 4.48. The molecule has 1 aliphatic heterocycles. The van der Waals surface area contributed by atoms with Crippen LogP contribution in [0.15, 0.2) is 24.3 Å². The molecule has 3 rings (SSSR count). The van der Waals surface area contributed by atoms with Gasteiger partial charge in [-0.1, -0.05) is 13.8 Å². The van der Waals surface area contributed by atoms with Gasteiger partial charge in [0.1, 0.15) is 11.5 Å². The number of methoxy groups -OCH3 is 1. The molecule has 2 aliphatic rings. The zero-order valence-electron chi connectivity index (χ0n) is 13.3. The van der Waals surface area contributed by atoms with Crippen LogP contribution in [0, 0.1) is 10.8 Å². The van der Waals surface area contributed by atoms with Gasteiger partial charge in [0.25, 0.3) is 0 Å². The summed E-state index contributed by atoms with van der Waals surface area (Å²) < 4.78 is 16.1. The molecular weight excluding hydrogens is 284 g/mol. The number of esters is 2. The van der Waals surface area contributed by atoms with Gasteiger partial charge in [-0.2, -0.15) is 0 Å². The quantitative estimate of drug-likeness (QED) is 0.634. The fraction of sp³-hybridized carbons (Fsp3) is 0.529. The molecule has 0 amide bonds. The van der Waals surface area contributed by atoms with E-state index in [4.69, 9.17) is 14.2 Å². The van der Waals surface area contributed by atoms with Gasteiger partial charge in [-0.05, 0) is 44.0 Å². The first kappa shape index (κ1) is 14.9. The summed E-state index contributed by atoms with van der Waals surface area (Å²) in [5.74, 6) is 0.277. The van der Waals surface area contributed by atoms with E-state index < -0.39 is 22.4 Å².